The van der Waals surface area contributed by atoms with Crippen molar-refractivity contribution in [1.82, 2.24) is 0 Å². The number of para-hydroxylation sites is 1. The molecule has 1 unspecified atom stereocenters. The second-order valence-electron chi connectivity index (χ2n) is 7.17. The zero-order chi connectivity index (χ0) is 22.3. The van der Waals surface area contributed by atoms with Gasteiger partial charge < -0.3 is 19.3 Å². The molecular formula is C24H25NO6. The molecule has 0 spiro atoms. The lowest BCUT2D eigenvalue weighted by Gasteiger charge is -2.32. The third-order valence-electron chi connectivity index (χ3n) is 4.77. The maximum Gasteiger partial charge on any atom is 0.367 e. The summed E-state index contributed by atoms with van der Waals surface area (Å²) in [5.41, 5.74) is 4.25. The van der Waals surface area contributed by atoms with E-state index in [0.717, 1.165) is 12.8 Å². The van der Waals surface area contributed by atoms with Gasteiger partial charge in [0.1, 0.15) is 12.4 Å². The van der Waals surface area contributed by atoms with Crippen molar-refractivity contribution in [3.05, 3.63) is 53.6 Å². The van der Waals surface area contributed by atoms with Crippen LogP contribution in [0.2, 0.25) is 0 Å². The van der Waals surface area contributed by atoms with E-state index < -0.39 is 11.7 Å². The molecule has 7 nitrogen and oxygen atoms in total. The maximum atomic E-state index is 13.0. The van der Waals surface area contributed by atoms with Gasteiger partial charge in [-0.1, -0.05) is 37.7 Å². The number of rotatable bonds is 8. The SMILES string of the molecule is CCCCCC#CCOc1ccc(C(=O)c2cccc3c2OC(N)(C(=O)O)CO3)cc1. The van der Waals surface area contributed by atoms with E-state index in [1.54, 1.807) is 36.4 Å². The molecule has 7 heteroatoms. The van der Waals surface area contributed by atoms with Crippen LogP contribution in [0.1, 0.15) is 48.5 Å². The number of carbonyl (C=O) groups excluding carboxylic acids is 1. The first kappa shape index (κ1) is 22.2. The standard InChI is InChI=1S/C24H25NO6/c1-2-3-4-5-6-7-15-29-18-13-11-17(12-14-18)21(26)19-9-8-10-20-22(19)31-24(25,16-30-20)23(27)28/h8-14H,2-5,15-16,25H2,1H3,(H,27,28). The summed E-state index contributed by atoms with van der Waals surface area (Å²) in [4.78, 5) is 24.4. The number of ether oxygens (including phenoxy) is 3. The van der Waals surface area contributed by atoms with Crippen LogP contribution in [0, 0.1) is 11.8 Å². The highest BCUT2D eigenvalue weighted by atomic mass is 16.6. The fourth-order valence-corrected chi connectivity index (χ4v) is 3.00. The summed E-state index contributed by atoms with van der Waals surface area (Å²) in [6.45, 7) is 2.07. The highest BCUT2D eigenvalue weighted by Crippen LogP contribution is 2.38. The summed E-state index contributed by atoms with van der Waals surface area (Å²) in [5.74, 6) is 5.21. The van der Waals surface area contributed by atoms with Crippen LogP contribution in [0.3, 0.4) is 0 Å². The van der Waals surface area contributed by atoms with E-state index in [4.69, 9.17) is 19.9 Å². The average molecular weight is 423 g/mol. The summed E-state index contributed by atoms with van der Waals surface area (Å²) in [7, 11) is 0. The van der Waals surface area contributed by atoms with Gasteiger partial charge in [0.2, 0.25) is 0 Å². The molecule has 1 atom stereocenters. The molecule has 1 aliphatic rings. The molecule has 1 aliphatic heterocycles. The third-order valence-corrected chi connectivity index (χ3v) is 4.77. The van der Waals surface area contributed by atoms with E-state index in [1.165, 1.54) is 18.9 Å². The topological polar surface area (TPSA) is 108 Å². The van der Waals surface area contributed by atoms with Gasteiger partial charge in [0.05, 0.1) is 5.56 Å². The molecular weight excluding hydrogens is 398 g/mol. The molecule has 0 aromatic heterocycles. The second kappa shape index (κ2) is 10.0. The Balaban J connectivity index is 1.68. The Kier molecular flexibility index (Phi) is 7.16. The van der Waals surface area contributed by atoms with Gasteiger partial charge in [-0.2, -0.15) is 0 Å². The lowest BCUT2D eigenvalue weighted by molar-refractivity contribution is -0.160. The van der Waals surface area contributed by atoms with Gasteiger partial charge >= 0.3 is 5.97 Å². The average Bonchev–Trinajstić information content (AvgIpc) is 2.78. The number of ketones is 1. The number of unbranched alkanes of at least 4 members (excludes halogenated alkanes) is 3. The number of carboxylic acid groups (broad SMARTS) is 1. The lowest BCUT2D eigenvalue weighted by Crippen LogP contribution is -2.59. The Morgan fingerprint density at radius 2 is 1.94 bits per heavy atom. The number of nitrogens with two attached hydrogens (primary N) is 1. The number of carbonyl (C=O) groups is 2. The van der Waals surface area contributed by atoms with Crippen molar-refractivity contribution in [2.24, 2.45) is 5.73 Å². The summed E-state index contributed by atoms with van der Waals surface area (Å²) in [6, 6.07) is 11.4. The summed E-state index contributed by atoms with van der Waals surface area (Å²) >= 11 is 0. The van der Waals surface area contributed by atoms with E-state index in [9.17, 15) is 14.7 Å². The quantitative estimate of drug-likeness (QED) is 0.381. The minimum Gasteiger partial charge on any atom is -0.483 e. The number of carboxylic acids is 1. The van der Waals surface area contributed by atoms with E-state index in [1.807, 2.05) is 0 Å². The summed E-state index contributed by atoms with van der Waals surface area (Å²) < 4.78 is 16.5. The van der Waals surface area contributed by atoms with Gasteiger partial charge in [-0.3, -0.25) is 10.5 Å². The molecule has 0 radical (unpaired) electrons. The first-order chi connectivity index (χ1) is 14.9. The maximum absolute atomic E-state index is 13.0. The molecule has 31 heavy (non-hydrogen) atoms. The van der Waals surface area contributed by atoms with Gasteiger partial charge in [-0.15, -0.1) is 0 Å². The van der Waals surface area contributed by atoms with E-state index in [0.29, 0.717) is 11.3 Å². The lowest BCUT2D eigenvalue weighted by atomic mass is 10.0. The molecule has 0 saturated carbocycles. The largest absolute Gasteiger partial charge is 0.483 e. The van der Waals surface area contributed by atoms with E-state index in [2.05, 4.69) is 18.8 Å². The highest BCUT2D eigenvalue weighted by molar-refractivity contribution is 6.11. The van der Waals surface area contributed by atoms with Gasteiger partial charge in [-0.25, -0.2) is 4.79 Å². The smallest absolute Gasteiger partial charge is 0.367 e. The normalized spacial score (nSPS) is 16.7. The molecule has 0 fully saturated rings. The summed E-state index contributed by atoms with van der Waals surface area (Å²) in [6.07, 6.45) is 4.30. The molecule has 1 heterocycles. The molecule has 0 saturated heterocycles. The fourth-order valence-electron chi connectivity index (χ4n) is 3.00. The molecule has 3 N–H and O–H groups in total. The van der Waals surface area contributed by atoms with Crippen LogP contribution in [-0.4, -0.2) is 35.8 Å². The Morgan fingerprint density at radius 3 is 2.65 bits per heavy atom. The predicted octanol–water partition coefficient (Wildman–Crippen LogP) is 3.39. The van der Waals surface area contributed by atoms with E-state index in [-0.39, 0.29) is 36.1 Å². The molecule has 2 aromatic carbocycles. The highest BCUT2D eigenvalue weighted by Gasteiger charge is 2.43. The van der Waals surface area contributed by atoms with Crippen LogP contribution in [-0.2, 0) is 4.79 Å². The first-order valence-corrected chi connectivity index (χ1v) is 10.1. The molecule has 0 aliphatic carbocycles. The van der Waals surface area contributed by atoms with Crippen molar-refractivity contribution in [2.75, 3.05) is 13.2 Å². The van der Waals surface area contributed by atoms with E-state index >= 15 is 0 Å². The van der Waals surface area contributed by atoms with Crippen molar-refractivity contribution < 1.29 is 28.9 Å². The van der Waals surface area contributed by atoms with Gasteiger partial charge in [0.15, 0.2) is 23.9 Å². The Labute approximate surface area is 181 Å². The molecule has 0 bridgehead atoms. The minimum absolute atomic E-state index is 0.0160. The number of hydrogen-bond donors (Lipinski definition) is 2. The van der Waals surface area contributed by atoms with Crippen LogP contribution < -0.4 is 19.9 Å². The predicted molar refractivity (Wildman–Crippen MR) is 114 cm³/mol. The molecule has 2 aromatic rings. The molecule has 162 valence electrons. The number of aliphatic carboxylic acids is 1. The van der Waals surface area contributed by atoms with Gasteiger partial charge in [0, 0.05) is 12.0 Å². The van der Waals surface area contributed by atoms with Gasteiger partial charge in [-0.05, 0) is 42.8 Å². The second-order valence-corrected chi connectivity index (χ2v) is 7.17. The molecule has 0 amide bonds. The van der Waals surface area contributed by atoms with Crippen LogP contribution in [0.5, 0.6) is 17.2 Å². The van der Waals surface area contributed by atoms with Crippen molar-refractivity contribution >= 4 is 11.8 Å². The number of hydrogen-bond acceptors (Lipinski definition) is 6. The van der Waals surface area contributed by atoms with Crippen molar-refractivity contribution in [3.8, 4) is 29.1 Å². The first-order valence-electron chi connectivity index (χ1n) is 10.1. The fraction of sp³-hybridized carbons (Fsp3) is 0.333. The Morgan fingerprint density at radius 1 is 1.16 bits per heavy atom. The van der Waals surface area contributed by atoms with Crippen LogP contribution in [0.15, 0.2) is 42.5 Å². The third kappa shape index (κ3) is 5.36. The zero-order valence-electron chi connectivity index (χ0n) is 17.3. The molecule has 3 rings (SSSR count). The van der Waals surface area contributed by atoms with Crippen molar-refractivity contribution in [2.45, 2.75) is 38.3 Å². The van der Waals surface area contributed by atoms with Crippen molar-refractivity contribution in [3.63, 3.8) is 0 Å². The Hall–Kier alpha value is -3.50. The Bertz CT molecular complexity index is 1000. The number of fused-ring (bicyclic) bond motifs is 1. The van der Waals surface area contributed by atoms with Crippen LogP contribution >= 0.6 is 0 Å². The summed E-state index contributed by atoms with van der Waals surface area (Å²) in [5, 5.41) is 9.30. The monoisotopic (exact) mass is 423 g/mol. The van der Waals surface area contributed by atoms with Crippen molar-refractivity contribution in [1.29, 1.82) is 0 Å². The minimum atomic E-state index is -2.06. The van der Waals surface area contributed by atoms with Crippen LogP contribution in [0.25, 0.3) is 0 Å². The van der Waals surface area contributed by atoms with Gasteiger partial charge in [0.25, 0.3) is 5.72 Å². The number of benzene rings is 2. The van der Waals surface area contributed by atoms with Crippen LogP contribution in [0.4, 0.5) is 0 Å². The zero-order valence-corrected chi connectivity index (χ0v) is 17.3.